The molecule has 1 saturated carbocycles. The molecule has 96 valence electrons. The van der Waals surface area contributed by atoms with Gasteiger partial charge in [0.1, 0.15) is 6.04 Å². The first-order valence-electron chi connectivity index (χ1n) is 6.30. The maximum Gasteiger partial charge on any atom is 0.250 e. The second kappa shape index (κ2) is 3.90. The van der Waals surface area contributed by atoms with Crippen LogP contribution in [0.15, 0.2) is 0 Å². The van der Waals surface area contributed by atoms with E-state index in [4.69, 9.17) is 0 Å². The Balaban J connectivity index is 1.88. The number of nitrogens with zero attached hydrogens (tertiary/aromatic N) is 1. The van der Waals surface area contributed by atoms with E-state index in [1.165, 1.54) is 0 Å². The molecule has 0 aromatic heterocycles. The third-order valence-corrected chi connectivity index (χ3v) is 4.13. The Bertz CT molecular complexity index is 435. The molecule has 2 heterocycles. The summed E-state index contributed by atoms with van der Waals surface area (Å²) in [6.07, 6.45) is 3.24. The van der Waals surface area contributed by atoms with Crippen molar-refractivity contribution in [2.45, 2.75) is 38.1 Å². The number of hydrogen-bond donors (Lipinski definition) is 1. The van der Waals surface area contributed by atoms with Gasteiger partial charge in [0.2, 0.25) is 23.6 Å². The van der Waals surface area contributed by atoms with Crippen LogP contribution in [-0.2, 0) is 19.2 Å². The fraction of sp³-hybridized carbons (Fsp3) is 0.667. The van der Waals surface area contributed by atoms with Gasteiger partial charge in [-0.1, -0.05) is 12.8 Å². The zero-order chi connectivity index (χ0) is 12.9. The van der Waals surface area contributed by atoms with Gasteiger partial charge in [0.25, 0.3) is 0 Å². The van der Waals surface area contributed by atoms with Crippen molar-refractivity contribution in [2.75, 3.05) is 0 Å². The van der Waals surface area contributed by atoms with Gasteiger partial charge in [0.05, 0.1) is 18.3 Å². The van der Waals surface area contributed by atoms with Crippen molar-refractivity contribution in [3.05, 3.63) is 0 Å². The molecule has 0 radical (unpaired) electrons. The minimum absolute atomic E-state index is 0.0875. The Hall–Kier alpha value is -1.72. The SMILES string of the molecule is O=C1C[C@@H](N2C(=O)[C@H]3CCCC[C@@H]3C2=O)C(=O)N1. The average molecular weight is 250 g/mol. The zero-order valence-electron chi connectivity index (χ0n) is 9.85. The van der Waals surface area contributed by atoms with E-state index in [1.807, 2.05) is 0 Å². The van der Waals surface area contributed by atoms with Crippen LogP contribution in [0.5, 0.6) is 0 Å². The van der Waals surface area contributed by atoms with E-state index >= 15 is 0 Å². The predicted octanol–water partition coefficient (Wildman–Crippen LogP) is -0.423. The molecule has 3 fully saturated rings. The fourth-order valence-corrected chi connectivity index (χ4v) is 3.24. The number of imide groups is 2. The van der Waals surface area contributed by atoms with E-state index in [9.17, 15) is 19.2 Å². The topological polar surface area (TPSA) is 83.6 Å². The largest absolute Gasteiger partial charge is 0.295 e. The molecule has 0 unspecified atom stereocenters. The van der Waals surface area contributed by atoms with Crippen LogP contribution in [0.3, 0.4) is 0 Å². The van der Waals surface area contributed by atoms with Crippen molar-refractivity contribution in [1.29, 1.82) is 0 Å². The van der Waals surface area contributed by atoms with Crippen molar-refractivity contribution in [3.63, 3.8) is 0 Å². The molecule has 6 nitrogen and oxygen atoms in total. The molecule has 18 heavy (non-hydrogen) atoms. The molecule has 3 rings (SSSR count). The molecule has 3 aliphatic rings. The van der Waals surface area contributed by atoms with Crippen LogP contribution in [0.4, 0.5) is 0 Å². The summed E-state index contributed by atoms with van der Waals surface area (Å²) in [6, 6.07) is -0.914. The fourth-order valence-electron chi connectivity index (χ4n) is 3.24. The summed E-state index contributed by atoms with van der Waals surface area (Å²) in [6.45, 7) is 0. The minimum Gasteiger partial charge on any atom is -0.295 e. The molecular formula is C12H14N2O4. The predicted molar refractivity (Wildman–Crippen MR) is 58.9 cm³/mol. The van der Waals surface area contributed by atoms with Crippen LogP contribution in [0.25, 0.3) is 0 Å². The highest BCUT2D eigenvalue weighted by Crippen LogP contribution is 2.39. The molecule has 0 spiro atoms. The second-order valence-corrected chi connectivity index (χ2v) is 5.18. The normalized spacial score (nSPS) is 36.0. The van der Waals surface area contributed by atoms with Crippen molar-refractivity contribution in [3.8, 4) is 0 Å². The third-order valence-electron chi connectivity index (χ3n) is 4.13. The molecule has 0 aromatic carbocycles. The maximum absolute atomic E-state index is 12.2. The van der Waals surface area contributed by atoms with Crippen LogP contribution < -0.4 is 5.32 Å². The minimum atomic E-state index is -0.914. The van der Waals surface area contributed by atoms with Gasteiger partial charge in [-0.2, -0.15) is 0 Å². The van der Waals surface area contributed by atoms with Gasteiger partial charge < -0.3 is 0 Å². The first kappa shape index (κ1) is 11.4. The third kappa shape index (κ3) is 1.48. The van der Waals surface area contributed by atoms with Gasteiger partial charge >= 0.3 is 0 Å². The van der Waals surface area contributed by atoms with Crippen LogP contribution in [0.1, 0.15) is 32.1 Å². The summed E-state index contributed by atoms with van der Waals surface area (Å²) < 4.78 is 0. The number of likely N-dealkylation sites (tertiary alicyclic amines) is 1. The molecule has 6 heteroatoms. The van der Waals surface area contributed by atoms with Crippen molar-refractivity contribution < 1.29 is 19.2 Å². The Morgan fingerprint density at radius 3 is 1.94 bits per heavy atom. The summed E-state index contributed by atoms with van der Waals surface area (Å²) in [5.74, 6) is -2.01. The van der Waals surface area contributed by atoms with E-state index in [2.05, 4.69) is 5.32 Å². The average Bonchev–Trinajstić information content (AvgIpc) is 2.79. The Kier molecular flexibility index (Phi) is 2.46. The summed E-state index contributed by atoms with van der Waals surface area (Å²) in [7, 11) is 0. The van der Waals surface area contributed by atoms with E-state index in [-0.39, 0.29) is 30.1 Å². The first-order chi connectivity index (χ1) is 8.59. The second-order valence-electron chi connectivity index (χ2n) is 5.18. The molecule has 1 N–H and O–H groups in total. The molecule has 0 bridgehead atoms. The summed E-state index contributed by atoms with van der Waals surface area (Å²) in [5.41, 5.74) is 0. The lowest BCUT2D eigenvalue weighted by molar-refractivity contribution is -0.146. The highest BCUT2D eigenvalue weighted by Gasteiger charge is 2.53. The Morgan fingerprint density at radius 2 is 1.50 bits per heavy atom. The number of hydrogen-bond acceptors (Lipinski definition) is 4. The number of carbonyl (C=O) groups is 4. The van der Waals surface area contributed by atoms with E-state index in [1.54, 1.807) is 0 Å². The molecule has 2 saturated heterocycles. The van der Waals surface area contributed by atoms with Crippen LogP contribution in [0.2, 0.25) is 0 Å². The molecule has 3 atom stereocenters. The number of nitrogens with one attached hydrogen (secondary N) is 1. The number of amides is 4. The van der Waals surface area contributed by atoms with Crippen LogP contribution in [-0.4, -0.2) is 34.6 Å². The van der Waals surface area contributed by atoms with E-state index in [0.29, 0.717) is 12.8 Å². The van der Waals surface area contributed by atoms with Gasteiger partial charge in [-0.25, -0.2) is 0 Å². The summed E-state index contributed by atoms with van der Waals surface area (Å²) in [4.78, 5) is 48.2. The van der Waals surface area contributed by atoms with Crippen molar-refractivity contribution in [1.82, 2.24) is 10.2 Å². The highest BCUT2D eigenvalue weighted by molar-refractivity contribution is 6.13. The van der Waals surface area contributed by atoms with Gasteiger partial charge in [-0.05, 0) is 12.8 Å². The van der Waals surface area contributed by atoms with Gasteiger partial charge in [0.15, 0.2) is 0 Å². The summed E-state index contributed by atoms with van der Waals surface area (Å²) in [5, 5.41) is 2.14. The Morgan fingerprint density at radius 1 is 0.944 bits per heavy atom. The molecular weight excluding hydrogens is 236 g/mol. The standard InChI is InChI=1S/C12H14N2O4/c15-9-5-8(10(16)13-9)14-11(17)6-3-1-2-4-7(6)12(14)18/h6-8H,1-5H2,(H,13,15,16)/t6-,7-,8+/m0/s1. The van der Waals surface area contributed by atoms with Crippen LogP contribution in [0, 0.1) is 11.8 Å². The van der Waals surface area contributed by atoms with Gasteiger partial charge in [-0.3, -0.25) is 29.4 Å². The maximum atomic E-state index is 12.2. The lowest BCUT2D eigenvalue weighted by Gasteiger charge is -2.19. The quantitative estimate of drug-likeness (QED) is 0.640. The lowest BCUT2D eigenvalue weighted by atomic mass is 9.81. The van der Waals surface area contributed by atoms with Gasteiger partial charge in [-0.15, -0.1) is 0 Å². The molecule has 0 aromatic rings. The van der Waals surface area contributed by atoms with E-state index in [0.717, 1.165) is 17.7 Å². The van der Waals surface area contributed by atoms with Gasteiger partial charge in [0, 0.05) is 0 Å². The zero-order valence-corrected chi connectivity index (χ0v) is 9.85. The summed E-state index contributed by atoms with van der Waals surface area (Å²) >= 11 is 0. The molecule has 1 aliphatic carbocycles. The lowest BCUT2D eigenvalue weighted by Crippen LogP contribution is -2.44. The molecule has 4 amide bonds. The van der Waals surface area contributed by atoms with Crippen LogP contribution >= 0.6 is 0 Å². The monoisotopic (exact) mass is 250 g/mol. The molecule has 2 aliphatic heterocycles. The van der Waals surface area contributed by atoms with Crippen molar-refractivity contribution >= 4 is 23.6 Å². The first-order valence-corrected chi connectivity index (χ1v) is 6.30. The van der Waals surface area contributed by atoms with Crippen molar-refractivity contribution in [2.24, 2.45) is 11.8 Å². The number of fused-ring (bicyclic) bond motifs is 1. The van der Waals surface area contributed by atoms with E-state index < -0.39 is 17.9 Å². The highest BCUT2D eigenvalue weighted by atomic mass is 16.2. The Labute approximate surface area is 104 Å². The smallest absolute Gasteiger partial charge is 0.250 e. The number of carbonyl (C=O) groups excluding carboxylic acids is 4. The number of rotatable bonds is 1.